The Labute approximate surface area is 154 Å². The Hall–Kier alpha value is -2.56. The number of methoxy groups -OCH3 is 1. The summed E-state index contributed by atoms with van der Waals surface area (Å²) in [6.07, 6.45) is 5.29. The lowest BCUT2D eigenvalue weighted by atomic mass is 9.91. The van der Waals surface area contributed by atoms with Crippen LogP contribution in [-0.4, -0.2) is 35.4 Å². The van der Waals surface area contributed by atoms with Gasteiger partial charge in [-0.1, -0.05) is 6.92 Å². The molecule has 136 valence electrons. The number of pyridine rings is 1. The van der Waals surface area contributed by atoms with Gasteiger partial charge in [-0.15, -0.1) is 0 Å². The van der Waals surface area contributed by atoms with E-state index < -0.39 is 0 Å². The standard InChI is InChI=1S/C21H26N4O/c1-4-15-13-22-24-21(15)16-7-9-25(10-8-16)20-11-14(2)18-12-17(26-3)5-6-19(18)23-20/h5-6,11-13,16H,4,7-10H2,1-3H3,(H,22,24). The summed E-state index contributed by atoms with van der Waals surface area (Å²) < 4.78 is 5.34. The topological polar surface area (TPSA) is 54.0 Å². The van der Waals surface area contributed by atoms with Gasteiger partial charge in [0.25, 0.3) is 0 Å². The van der Waals surface area contributed by atoms with Crippen molar-refractivity contribution in [3.63, 3.8) is 0 Å². The van der Waals surface area contributed by atoms with E-state index in [4.69, 9.17) is 9.72 Å². The van der Waals surface area contributed by atoms with Crippen molar-refractivity contribution in [1.82, 2.24) is 15.2 Å². The van der Waals surface area contributed by atoms with Crippen LogP contribution in [0.25, 0.3) is 10.9 Å². The van der Waals surface area contributed by atoms with Crippen molar-refractivity contribution < 1.29 is 4.74 Å². The Balaban J connectivity index is 1.54. The molecule has 0 amide bonds. The Morgan fingerprint density at radius 2 is 2.04 bits per heavy atom. The number of nitrogens with one attached hydrogen (secondary N) is 1. The zero-order valence-electron chi connectivity index (χ0n) is 15.7. The lowest BCUT2D eigenvalue weighted by Gasteiger charge is -2.33. The maximum Gasteiger partial charge on any atom is 0.129 e. The molecule has 5 nitrogen and oxygen atoms in total. The molecule has 0 saturated carbocycles. The van der Waals surface area contributed by atoms with Crippen LogP contribution >= 0.6 is 0 Å². The molecule has 3 heterocycles. The Morgan fingerprint density at radius 1 is 1.23 bits per heavy atom. The maximum absolute atomic E-state index is 5.34. The Kier molecular flexibility index (Phi) is 4.53. The molecule has 0 unspecified atom stereocenters. The summed E-state index contributed by atoms with van der Waals surface area (Å²) in [5, 5.41) is 8.63. The normalized spacial score (nSPS) is 15.6. The van der Waals surface area contributed by atoms with E-state index in [9.17, 15) is 0 Å². The summed E-state index contributed by atoms with van der Waals surface area (Å²) in [7, 11) is 1.70. The predicted octanol–water partition coefficient (Wildman–Crippen LogP) is 4.22. The molecule has 5 heteroatoms. The summed E-state index contributed by atoms with van der Waals surface area (Å²) in [6.45, 7) is 6.40. The first-order valence-corrected chi connectivity index (χ1v) is 9.42. The molecule has 3 aromatic rings. The zero-order valence-corrected chi connectivity index (χ0v) is 15.7. The van der Waals surface area contributed by atoms with E-state index in [1.807, 2.05) is 12.3 Å². The van der Waals surface area contributed by atoms with Crippen LogP contribution in [-0.2, 0) is 6.42 Å². The van der Waals surface area contributed by atoms with E-state index in [1.165, 1.54) is 16.8 Å². The van der Waals surface area contributed by atoms with Gasteiger partial charge >= 0.3 is 0 Å². The number of aromatic amines is 1. The van der Waals surface area contributed by atoms with Crippen molar-refractivity contribution in [1.29, 1.82) is 0 Å². The van der Waals surface area contributed by atoms with Gasteiger partial charge in [-0.2, -0.15) is 5.10 Å². The first kappa shape index (κ1) is 16.9. The molecule has 4 rings (SSSR count). The van der Waals surface area contributed by atoms with Gasteiger partial charge in [0.1, 0.15) is 11.6 Å². The number of benzene rings is 1. The average Bonchev–Trinajstić information content (AvgIpc) is 3.16. The van der Waals surface area contributed by atoms with Gasteiger partial charge < -0.3 is 9.64 Å². The molecule has 26 heavy (non-hydrogen) atoms. The number of hydrogen-bond acceptors (Lipinski definition) is 4. The second kappa shape index (κ2) is 6.98. The van der Waals surface area contributed by atoms with Crippen LogP contribution in [0.5, 0.6) is 5.75 Å². The minimum absolute atomic E-state index is 0.578. The molecule has 1 aliphatic rings. The number of fused-ring (bicyclic) bond motifs is 1. The molecule has 0 atom stereocenters. The lowest BCUT2D eigenvalue weighted by Crippen LogP contribution is -2.33. The van der Waals surface area contributed by atoms with E-state index in [-0.39, 0.29) is 0 Å². The van der Waals surface area contributed by atoms with E-state index in [2.05, 4.69) is 47.1 Å². The molecule has 1 fully saturated rings. The highest BCUT2D eigenvalue weighted by Crippen LogP contribution is 2.32. The van der Waals surface area contributed by atoms with Gasteiger partial charge in [-0.3, -0.25) is 5.10 Å². The fourth-order valence-corrected chi connectivity index (χ4v) is 4.00. The summed E-state index contributed by atoms with van der Waals surface area (Å²) in [4.78, 5) is 7.32. The quantitative estimate of drug-likeness (QED) is 0.765. The van der Waals surface area contributed by atoms with Crippen LogP contribution < -0.4 is 9.64 Å². The van der Waals surface area contributed by atoms with Gasteiger partial charge in [0.2, 0.25) is 0 Å². The van der Waals surface area contributed by atoms with Crippen LogP contribution in [0.15, 0.2) is 30.5 Å². The molecule has 0 bridgehead atoms. The van der Waals surface area contributed by atoms with Crippen molar-refractivity contribution in [2.45, 2.75) is 39.0 Å². The zero-order chi connectivity index (χ0) is 18.1. The number of ether oxygens (including phenoxy) is 1. The average molecular weight is 350 g/mol. The number of nitrogens with zero attached hydrogens (tertiary/aromatic N) is 3. The van der Waals surface area contributed by atoms with Crippen molar-refractivity contribution >= 4 is 16.7 Å². The van der Waals surface area contributed by atoms with Gasteiger partial charge in [0.15, 0.2) is 0 Å². The van der Waals surface area contributed by atoms with E-state index in [1.54, 1.807) is 7.11 Å². The third kappa shape index (κ3) is 3.02. The molecule has 2 aromatic heterocycles. The van der Waals surface area contributed by atoms with E-state index in [0.29, 0.717) is 5.92 Å². The fourth-order valence-electron chi connectivity index (χ4n) is 4.00. The van der Waals surface area contributed by atoms with Crippen LogP contribution in [0.4, 0.5) is 5.82 Å². The van der Waals surface area contributed by atoms with Crippen molar-refractivity contribution in [3.05, 3.63) is 47.3 Å². The van der Waals surface area contributed by atoms with Gasteiger partial charge in [0, 0.05) is 30.1 Å². The van der Waals surface area contributed by atoms with E-state index in [0.717, 1.165) is 54.8 Å². The first-order chi connectivity index (χ1) is 12.7. The van der Waals surface area contributed by atoms with E-state index >= 15 is 0 Å². The largest absolute Gasteiger partial charge is 0.497 e. The minimum Gasteiger partial charge on any atom is -0.497 e. The number of aryl methyl sites for hydroxylation is 2. The Morgan fingerprint density at radius 3 is 2.77 bits per heavy atom. The number of rotatable bonds is 4. The van der Waals surface area contributed by atoms with Crippen molar-refractivity contribution in [2.24, 2.45) is 0 Å². The summed E-state index contributed by atoms with van der Waals surface area (Å²) in [6, 6.07) is 8.30. The molecule has 1 N–H and O–H groups in total. The van der Waals surface area contributed by atoms with Crippen LogP contribution in [0.2, 0.25) is 0 Å². The van der Waals surface area contributed by atoms with Gasteiger partial charge in [0.05, 0.1) is 18.8 Å². The van der Waals surface area contributed by atoms with Crippen LogP contribution in [0, 0.1) is 6.92 Å². The summed E-state index contributed by atoms with van der Waals surface area (Å²) >= 11 is 0. The highest BCUT2D eigenvalue weighted by Gasteiger charge is 2.24. The predicted molar refractivity (Wildman–Crippen MR) is 105 cm³/mol. The molecule has 1 aliphatic heterocycles. The summed E-state index contributed by atoms with van der Waals surface area (Å²) in [5.41, 5.74) is 4.97. The molecule has 1 saturated heterocycles. The third-order valence-corrected chi connectivity index (χ3v) is 5.57. The second-order valence-corrected chi connectivity index (χ2v) is 7.10. The van der Waals surface area contributed by atoms with Gasteiger partial charge in [-0.05, 0) is 61.6 Å². The number of aromatic nitrogens is 3. The van der Waals surface area contributed by atoms with Gasteiger partial charge in [-0.25, -0.2) is 4.98 Å². The fraction of sp³-hybridized carbons (Fsp3) is 0.429. The van der Waals surface area contributed by atoms with Crippen molar-refractivity contribution in [2.75, 3.05) is 25.1 Å². The van der Waals surface area contributed by atoms with Crippen LogP contribution in [0.1, 0.15) is 42.5 Å². The number of H-pyrrole nitrogens is 1. The summed E-state index contributed by atoms with van der Waals surface area (Å²) in [5.74, 6) is 2.54. The molecule has 0 spiro atoms. The molecule has 0 aliphatic carbocycles. The lowest BCUT2D eigenvalue weighted by molar-refractivity contribution is 0.415. The Bertz CT molecular complexity index is 910. The molecule has 0 radical (unpaired) electrons. The van der Waals surface area contributed by atoms with Crippen LogP contribution in [0.3, 0.4) is 0 Å². The minimum atomic E-state index is 0.578. The third-order valence-electron chi connectivity index (χ3n) is 5.57. The monoisotopic (exact) mass is 350 g/mol. The first-order valence-electron chi connectivity index (χ1n) is 9.42. The maximum atomic E-state index is 5.34. The highest BCUT2D eigenvalue weighted by molar-refractivity contribution is 5.85. The number of anilines is 1. The molecular weight excluding hydrogens is 324 g/mol. The number of hydrogen-bond donors (Lipinski definition) is 1. The molecular formula is C21H26N4O. The SMILES string of the molecule is CCc1cn[nH]c1C1CCN(c2cc(C)c3cc(OC)ccc3n2)CC1. The smallest absolute Gasteiger partial charge is 0.129 e. The molecule has 1 aromatic carbocycles. The number of piperidine rings is 1. The second-order valence-electron chi connectivity index (χ2n) is 7.10. The highest BCUT2D eigenvalue weighted by atomic mass is 16.5. The van der Waals surface area contributed by atoms with Crippen molar-refractivity contribution in [3.8, 4) is 5.75 Å².